The van der Waals surface area contributed by atoms with Gasteiger partial charge in [-0.1, -0.05) is 19.1 Å². The van der Waals surface area contributed by atoms with Crippen LogP contribution in [0.4, 0.5) is 5.69 Å². The SMILES string of the molecule is CCCOc1ccc(C(=O)NNC(=O)c2cccc(NC(=O)c3cccs3)c2)cc1OC. The number of hydrogen-bond acceptors (Lipinski definition) is 6. The molecule has 3 amide bonds. The van der Waals surface area contributed by atoms with Gasteiger partial charge in [0.15, 0.2) is 11.5 Å². The maximum Gasteiger partial charge on any atom is 0.269 e. The smallest absolute Gasteiger partial charge is 0.269 e. The molecular weight excluding hydrogens is 430 g/mol. The number of ether oxygens (including phenoxy) is 2. The molecule has 166 valence electrons. The van der Waals surface area contributed by atoms with Crippen LogP contribution in [-0.4, -0.2) is 31.4 Å². The summed E-state index contributed by atoms with van der Waals surface area (Å²) < 4.78 is 10.8. The molecule has 0 aliphatic carbocycles. The van der Waals surface area contributed by atoms with E-state index in [2.05, 4.69) is 16.2 Å². The second kappa shape index (κ2) is 11.0. The van der Waals surface area contributed by atoms with Crippen LogP contribution in [0.2, 0.25) is 0 Å². The highest BCUT2D eigenvalue weighted by atomic mass is 32.1. The van der Waals surface area contributed by atoms with Gasteiger partial charge < -0.3 is 14.8 Å². The number of nitrogens with one attached hydrogen (secondary N) is 3. The summed E-state index contributed by atoms with van der Waals surface area (Å²) in [7, 11) is 1.49. The second-order valence-electron chi connectivity index (χ2n) is 6.63. The van der Waals surface area contributed by atoms with Crippen molar-refractivity contribution < 1.29 is 23.9 Å². The van der Waals surface area contributed by atoms with E-state index in [1.807, 2.05) is 12.3 Å². The van der Waals surface area contributed by atoms with Crippen LogP contribution < -0.4 is 25.6 Å². The zero-order valence-corrected chi connectivity index (χ0v) is 18.5. The van der Waals surface area contributed by atoms with Crippen molar-refractivity contribution in [3.63, 3.8) is 0 Å². The molecule has 0 fully saturated rings. The Labute approximate surface area is 189 Å². The normalized spacial score (nSPS) is 10.2. The molecule has 0 spiro atoms. The first kappa shape index (κ1) is 22.8. The Balaban J connectivity index is 1.60. The Morgan fingerprint density at radius 2 is 1.62 bits per heavy atom. The van der Waals surface area contributed by atoms with E-state index in [0.717, 1.165) is 6.42 Å². The lowest BCUT2D eigenvalue weighted by molar-refractivity contribution is 0.0846. The first-order valence-corrected chi connectivity index (χ1v) is 10.8. The molecule has 3 rings (SSSR count). The molecule has 3 N–H and O–H groups in total. The minimum atomic E-state index is -0.527. The summed E-state index contributed by atoms with van der Waals surface area (Å²) in [6.07, 6.45) is 0.844. The molecule has 2 aromatic carbocycles. The number of carbonyl (C=O) groups is 3. The number of amides is 3. The average molecular weight is 454 g/mol. The van der Waals surface area contributed by atoms with Gasteiger partial charge in [-0.15, -0.1) is 11.3 Å². The van der Waals surface area contributed by atoms with Gasteiger partial charge in [-0.2, -0.15) is 0 Å². The molecule has 9 heteroatoms. The fourth-order valence-electron chi connectivity index (χ4n) is 2.74. The fraction of sp³-hybridized carbons (Fsp3) is 0.174. The van der Waals surface area contributed by atoms with Crippen LogP contribution in [0.3, 0.4) is 0 Å². The molecular formula is C23H23N3O5S. The van der Waals surface area contributed by atoms with Crippen molar-refractivity contribution in [1.29, 1.82) is 0 Å². The fourth-order valence-corrected chi connectivity index (χ4v) is 3.36. The van der Waals surface area contributed by atoms with Crippen LogP contribution in [0.25, 0.3) is 0 Å². The summed E-state index contributed by atoms with van der Waals surface area (Å²) in [5.74, 6) is -0.338. The number of rotatable bonds is 8. The van der Waals surface area contributed by atoms with Crippen LogP contribution in [0.5, 0.6) is 11.5 Å². The Morgan fingerprint density at radius 1 is 0.875 bits per heavy atom. The topological polar surface area (TPSA) is 106 Å². The molecule has 1 aromatic heterocycles. The largest absolute Gasteiger partial charge is 0.493 e. The summed E-state index contributed by atoms with van der Waals surface area (Å²) >= 11 is 1.32. The second-order valence-corrected chi connectivity index (χ2v) is 7.58. The van der Waals surface area contributed by atoms with E-state index < -0.39 is 11.8 Å². The van der Waals surface area contributed by atoms with E-state index in [9.17, 15) is 14.4 Å². The molecule has 0 saturated heterocycles. The van der Waals surface area contributed by atoms with Crippen molar-refractivity contribution in [3.05, 3.63) is 76.0 Å². The Hall–Kier alpha value is -3.85. The third-order valence-corrected chi connectivity index (χ3v) is 5.17. The molecule has 8 nitrogen and oxygen atoms in total. The van der Waals surface area contributed by atoms with Crippen LogP contribution >= 0.6 is 11.3 Å². The first-order chi connectivity index (χ1) is 15.5. The first-order valence-electron chi connectivity index (χ1n) is 9.88. The van der Waals surface area contributed by atoms with Crippen molar-refractivity contribution in [1.82, 2.24) is 10.9 Å². The van der Waals surface area contributed by atoms with Crippen molar-refractivity contribution in [2.75, 3.05) is 19.0 Å². The monoisotopic (exact) mass is 453 g/mol. The number of carbonyl (C=O) groups excluding carboxylic acids is 3. The molecule has 0 atom stereocenters. The standard InChI is InChI=1S/C23H23N3O5S/c1-3-11-31-18-10-9-16(14-19(18)30-2)22(28)26-25-21(27)15-6-4-7-17(13-15)24-23(29)20-8-5-12-32-20/h4-10,12-14H,3,11H2,1-2H3,(H,24,29)(H,25,27)(H,26,28). The van der Waals surface area contributed by atoms with E-state index in [1.54, 1.807) is 42.5 Å². The molecule has 0 aliphatic rings. The van der Waals surface area contributed by atoms with Gasteiger partial charge >= 0.3 is 0 Å². The average Bonchev–Trinajstić information content (AvgIpc) is 3.36. The minimum absolute atomic E-state index is 0.258. The molecule has 3 aromatic rings. The number of hydrazine groups is 1. The van der Waals surface area contributed by atoms with Crippen molar-refractivity contribution in [3.8, 4) is 11.5 Å². The summed E-state index contributed by atoms with van der Waals surface area (Å²) in [6.45, 7) is 2.52. The Kier molecular flexibility index (Phi) is 7.82. The predicted molar refractivity (Wildman–Crippen MR) is 122 cm³/mol. The van der Waals surface area contributed by atoms with Gasteiger partial charge in [0.05, 0.1) is 18.6 Å². The van der Waals surface area contributed by atoms with Gasteiger partial charge in [-0.25, -0.2) is 0 Å². The highest BCUT2D eigenvalue weighted by Crippen LogP contribution is 2.28. The maximum atomic E-state index is 12.5. The zero-order chi connectivity index (χ0) is 22.9. The summed E-state index contributed by atoms with van der Waals surface area (Å²) in [6, 6.07) is 14.7. The van der Waals surface area contributed by atoms with Crippen LogP contribution in [0.1, 0.15) is 43.7 Å². The number of benzene rings is 2. The number of hydrogen-bond donors (Lipinski definition) is 3. The molecule has 0 aliphatic heterocycles. The van der Waals surface area contributed by atoms with Gasteiger partial charge in [-0.05, 0) is 54.3 Å². The van der Waals surface area contributed by atoms with Crippen LogP contribution in [0.15, 0.2) is 60.0 Å². The molecule has 1 heterocycles. The van der Waals surface area contributed by atoms with Crippen molar-refractivity contribution in [2.45, 2.75) is 13.3 Å². The Morgan fingerprint density at radius 3 is 2.28 bits per heavy atom. The van der Waals surface area contributed by atoms with Crippen molar-refractivity contribution >= 4 is 34.7 Å². The van der Waals surface area contributed by atoms with E-state index in [1.165, 1.54) is 30.6 Å². The van der Waals surface area contributed by atoms with E-state index in [4.69, 9.17) is 9.47 Å². The minimum Gasteiger partial charge on any atom is -0.493 e. The molecule has 32 heavy (non-hydrogen) atoms. The maximum absolute atomic E-state index is 12.5. The van der Waals surface area contributed by atoms with Crippen molar-refractivity contribution in [2.24, 2.45) is 0 Å². The number of thiophene rings is 1. The lowest BCUT2D eigenvalue weighted by Gasteiger charge is -2.12. The lowest BCUT2D eigenvalue weighted by atomic mass is 10.2. The number of methoxy groups -OCH3 is 1. The highest BCUT2D eigenvalue weighted by Gasteiger charge is 2.14. The zero-order valence-electron chi connectivity index (χ0n) is 17.6. The molecule has 0 saturated carbocycles. The highest BCUT2D eigenvalue weighted by molar-refractivity contribution is 7.12. The van der Waals surface area contributed by atoms with Gasteiger partial charge in [0.2, 0.25) is 0 Å². The quantitative estimate of drug-likeness (QED) is 0.449. The van der Waals surface area contributed by atoms with E-state index >= 15 is 0 Å². The third-order valence-electron chi connectivity index (χ3n) is 4.30. The molecule has 0 unspecified atom stereocenters. The molecule has 0 radical (unpaired) electrons. The van der Waals surface area contributed by atoms with Gasteiger partial charge in [-0.3, -0.25) is 25.2 Å². The number of anilines is 1. The summed E-state index contributed by atoms with van der Waals surface area (Å²) in [5, 5.41) is 4.55. The van der Waals surface area contributed by atoms with E-state index in [-0.39, 0.29) is 11.5 Å². The van der Waals surface area contributed by atoms with Crippen LogP contribution in [-0.2, 0) is 0 Å². The van der Waals surface area contributed by atoms with E-state index in [0.29, 0.717) is 34.2 Å². The van der Waals surface area contributed by atoms with Crippen LogP contribution in [0, 0.1) is 0 Å². The van der Waals surface area contributed by atoms with Gasteiger partial charge in [0, 0.05) is 16.8 Å². The molecule has 0 bridgehead atoms. The van der Waals surface area contributed by atoms with Gasteiger partial charge in [0.1, 0.15) is 0 Å². The predicted octanol–water partition coefficient (Wildman–Crippen LogP) is 3.87. The summed E-state index contributed by atoms with van der Waals surface area (Å²) in [4.78, 5) is 37.6. The summed E-state index contributed by atoms with van der Waals surface area (Å²) in [5.41, 5.74) is 5.78. The van der Waals surface area contributed by atoms with Gasteiger partial charge in [0.25, 0.3) is 17.7 Å². The lowest BCUT2D eigenvalue weighted by Crippen LogP contribution is -2.41. The Bertz CT molecular complexity index is 1100. The third kappa shape index (κ3) is 5.86.